The van der Waals surface area contributed by atoms with Gasteiger partial charge in [-0.3, -0.25) is 0 Å². The van der Waals surface area contributed by atoms with Crippen LogP contribution in [0, 0.1) is 5.82 Å². The standard InChI is InChI=1S/C14H12FNO2S/c15-11-7-13(12(16)6-10(11)14(17)18)19-8-9-4-2-1-3-5-9/h1-7H,8,16H2,(H,17,18). The van der Waals surface area contributed by atoms with Gasteiger partial charge >= 0.3 is 5.97 Å². The number of benzene rings is 2. The van der Waals surface area contributed by atoms with Crippen molar-refractivity contribution in [3.63, 3.8) is 0 Å². The lowest BCUT2D eigenvalue weighted by Gasteiger charge is -2.07. The summed E-state index contributed by atoms with van der Waals surface area (Å²) in [6.45, 7) is 0. The molecule has 0 radical (unpaired) electrons. The quantitative estimate of drug-likeness (QED) is 0.664. The van der Waals surface area contributed by atoms with Crippen molar-refractivity contribution in [2.45, 2.75) is 10.6 Å². The van der Waals surface area contributed by atoms with Crippen molar-refractivity contribution in [2.24, 2.45) is 0 Å². The van der Waals surface area contributed by atoms with Crippen LogP contribution >= 0.6 is 11.8 Å². The first-order chi connectivity index (χ1) is 9.08. The van der Waals surface area contributed by atoms with Crippen LogP contribution in [0.5, 0.6) is 0 Å². The fraction of sp³-hybridized carbons (Fsp3) is 0.0714. The summed E-state index contributed by atoms with van der Waals surface area (Å²) in [5.74, 6) is -1.43. The van der Waals surface area contributed by atoms with Crippen molar-refractivity contribution in [1.82, 2.24) is 0 Å². The summed E-state index contributed by atoms with van der Waals surface area (Å²) in [6.07, 6.45) is 0. The maximum atomic E-state index is 13.6. The Kier molecular flexibility index (Phi) is 4.06. The van der Waals surface area contributed by atoms with E-state index in [1.807, 2.05) is 30.3 Å². The highest BCUT2D eigenvalue weighted by atomic mass is 32.2. The zero-order valence-electron chi connectivity index (χ0n) is 9.97. The number of rotatable bonds is 4. The molecule has 2 aromatic rings. The number of anilines is 1. The molecule has 0 spiro atoms. The molecule has 0 heterocycles. The summed E-state index contributed by atoms with van der Waals surface area (Å²) in [7, 11) is 0. The van der Waals surface area contributed by atoms with Crippen LogP contribution in [-0.2, 0) is 5.75 Å². The molecule has 2 rings (SSSR count). The van der Waals surface area contributed by atoms with Gasteiger partial charge in [0.25, 0.3) is 0 Å². The van der Waals surface area contributed by atoms with Gasteiger partial charge in [0.2, 0.25) is 0 Å². The van der Waals surface area contributed by atoms with E-state index in [1.54, 1.807) is 0 Å². The lowest BCUT2D eigenvalue weighted by Crippen LogP contribution is -2.03. The molecule has 0 bridgehead atoms. The molecule has 0 aliphatic heterocycles. The topological polar surface area (TPSA) is 63.3 Å². The summed E-state index contributed by atoms with van der Waals surface area (Å²) in [6, 6.07) is 12.0. The van der Waals surface area contributed by atoms with E-state index in [4.69, 9.17) is 10.8 Å². The van der Waals surface area contributed by atoms with Crippen LogP contribution in [0.2, 0.25) is 0 Å². The summed E-state index contributed by atoms with van der Waals surface area (Å²) in [4.78, 5) is 11.3. The molecule has 3 nitrogen and oxygen atoms in total. The molecule has 0 aliphatic carbocycles. The molecule has 0 amide bonds. The normalized spacial score (nSPS) is 10.4. The van der Waals surface area contributed by atoms with E-state index in [0.717, 1.165) is 11.6 Å². The third-order valence-corrected chi connectivity index (χ3v) is 3.71. The van der Waals surface area contributed by atoms with E-state index in [9.17, 15) is 9.18 Å². The number of hydrogen-bond donors (Lipinski definition) is 2. The van der Waals surface area contributed by atoms with Crippen LogP contribution in [-0.4, -0.2) is 11.1 Å². The summed E-state index contributed by atoms with van der Waals surface area (Å²) >= 11 is 1.38. The molecule has 0 saturated heterocycles. The van der Waals surface area contributed by atoms with E-state index >= 15 is 0 Å². The van der Waals surface area contributed by atoms with Gasteiger partial charge in [-0.05, 0) is 17.7 Å². The predicted octanol–water partition coefficient (Wildman–Crippen LogP) is 3.40. The fourth-order valence-electron chi connectivity index (χ4n) is 1.60. The number of hydrogen-bond acceptors (Lipinski definition) is 3. The second kappa shape index (κ2) is 5.75. The van der Waals surface area contributed by atoms with Gasteiger partial charge in [0.05, 0.1) is 5.56 Å². The molecule has 0 aromatic heterocycles. The van der Waals surface area contributed by atoms with E-state index in [-0.39, 0.29) is 5.69 Å². The largest absolute Gasteiger partial charge is 0.478 e. The summed E-state index contributed by atoms with van der Waals surface area (Å²) in [5, 5.41) is 8.79. The van der Waals surface area contributed by atoms with Crippen LogP contribution in [0.1, 0.15) is 15.9 Å². The molecule has 98 valence electrons. The van der Waals surface area contributed by atoms with Crippen molar-refractivity contribution in [3.8, 4) is 0 Å². The minimum absolute atomic E-state index is 0.278. The lowest BCUT2D eigenvalue weighted by molar-refractivity contribution is 0.0692. The van der Waals surface area contributed by atoms with Crippen LogP contribution in [0.15, 0.2) is 47.4 Å². The van der Waals surface area contributed by atoms with Gasteiger partial charge in [0.15, 0.2) is 0 Å². The van der Waals surface area contributed by atoms with Gasteiger partial charge in [-0.15, -0.1) is 11.8 Å². The number of nitrogen functional groups attached to an aromatic ring is 1. The first kappa shape index (κ1) is 13.4. The highest BCUT2D eigenvalue weighted by Gasteiger charge is 2.13. The maximum Gasteiger partial charge on any atom is 0.338 e. The lowest BCUT2D eigenvalue weighted by atomic mass is 10.2. The second-order valence-corrected chi connectivity index (χ2v) is 4.97. The highest BCUT2D eigenvalue weighted by Crippen LogP contribution is 2.30. The number of halogens is 1. The van der Waals surface area contributed by atoms with Crippen LogP contribution in [0.4, 0.5) is 10.1 Å². The Labute approximate surface area is 114 Å². The number of carboxylic acids is 1. The van der Waals surface area contributed by atoms with E-state index in [2.05, 4.69) is 0 Å². The molecule has 0 fully saturated rings. The molecule has 19 heavy (non-hydrogen) atoms. The highest BCUT2D eigenvalue weighted by molar-refractivity contribution is 7.98. The number of carboxylic acid groups (broad SMARTS) is 1. The minimum Gasteiger partial charge on any atom is -0.478 e. The van der Waals surface area contributed by atoms with Crippen LogP contribution in [0.25, 0.3) is 0 Å². The van der Waals surface area contributed by atoms with Gasteiger partial charge in [-0.1, -0.05) is 30.3 Å². The molecule has 5 heteroatoms. The summed E-state index contributed by atoms with van der Waals surface area (Å²) < 4.78 is 13.6. The molecular formula is C14H12FNO2S. The molecule has 0 atom stereocenters. The minimum atomic E-state index is -1.32. The number of carbonyl (C=O) groups is 1. The van der Waals surface area contributed by atoms with E-state index < -0.39 is 17.3 Å². The Morgan fingerprint density at radius 3 is 2.58 bits per heavy atom. The monoisotopic (exact) mass is 277 g/mol. The summed E-state index contributed by atoms with van der Waals surface area (Å²) in [5.41, 5.74) is 6.71. The SMILES string of the molecule is Nc1cc(C(=O)O)c(F)cc1SCc1ccccc1. The Morgan fingerprint density at radius 1 is 1.26 bits per heavy atom. The average molecular weight is 277 g/mol. The maximum absolute atomic E-state index is 13.6. The third kappa shape index (κ3) is 3.26. The Morgan fingerprint density at radius 2 is 1.95 bits per heavy atom. The Bertz CT molecular complexity index is 602. The molecule has 0 aliphatic rings. The van der Waals surface area contributed by atoms with E-state index in [1.165, 1.54) is 17.8 Å². The van der Waals surface area contributed by atoms with Gasteiger partial charge in [0, 0.05) is 16.3 Å². The Balaban J connectivity index is 2.17. The first-order valence-corrected chi connectivity index (χ1v) is 6.55. The molecule has 0 unspecified atom stereocenters. The predicted molar refractivity (Wildman–Crippen MR) is 73.8 cm³/mol. The first-order valence-electron chi connectivity index (χ1n) is 5.57. The van der Waals surface area contributed by atoms with Crippen molar-refractivity contribution in [1.29, 1.82) is 0 Å². The fourth-order valence-corrected chi connectivity index (χ4v) is 2.52. The zero-order valence-corrected chi connectivity index (χ0v) is 10.8. The Hall–Kier alpha value is -2.01. The van der Waals surface area contributed by atoms with Gasteiger partial charge in [-0.25, -0.2) is 9.18 Å². The third-order valence-electron chi connectivity index (χ3n) is 2.57. The van der Waals surface area contributed by atoms with Crippen molar-refractivity contribution in [2.75, 3.05) is 5.73 Å². The molecule has 3 N–H and O–H groups in total. The van der Waals surface area contributed by atoms with E-state index in [0.29, 0.717) is 10.6 Å². The van der Waals surface area contributed by atoms with Crippen LogP contribution in [0.3, 0.4) is 0 Å². The molecular weight excluding hydrogens is 265 g/mol. The zero-order chi connectivity index (χ0) is 13.8. The van der Waals surface area contributed by atoms with Gasteiger partial charge in [0.1, 0.15) is 5.82 Å². The second-order valence-electron chi connectivity index (χ2n) is 3.95. The van der Waals surface area contributed by atoms with Gasteiger partial charge in [-0.2, -0.15) is 0 Å². The smallest absolute Gasteiger partial charge is 0.338 e. The van der Waals surface area contributed by atoms with Crippen molar-refractivity contribution in [3.05, 3.63) is 59.4 Å². The van der Waals surface area contributed by atoms with Crippen LogP contribution < -0.4 is 5.73 Å². The number of thioether (sulfide) groups is 1. The number of aromatic carboxylic acids is 1. The van der Waals surface area contributed by atoms with Gasteiger partial charge < -0.3 is 10.8 Å². The molecule has 2 aromatic carbocycles. The molecule has 0 saturated carbocycles. The average Bonchev–Trinajstić information content (AvgIpc) is 2.40. The van der Waals surface area contributed by atoms with Crippen molar-refractivity contribution < 1.29 is 14.3 Å². The van der Waals surface area contributed by atoms with Crippen molar-refractivity contribution >= 4 is 23.4 Å². The number of nitrogens with two attached hydrogens (primary N) is 1.